The highest BCUT2D eigenvalue weighted by molar-refractivity contribution is 5.84. The van der Waals surface area contributed by atoms with Gasteiger partial charge in [0.25, 0.3) is 0 Å². The number of methoxy groups -OCH3 is 1. The van der Waals surface area contributed by atoms with Crippen LogP contribution in [0.1, 0.15) is 19.4 Å². The van der Waals surface area contributed by atoms with E-state index in [0.29, 0.717) is 12.5 Å². The van der Waals surface area contributed by atoms with Crippen LogP contribution in [0.2, 0.25) is 0 Å². The molecule has 1 fully saturated rings. The van der Waals surface area contributed by atoms with E-state index in [9.17, 15) is 4.79 Å². The Morgan fingerprint density at radius 2 is 2.05 bits per heavy atom. The smallest absolute Gasteiger partial charge is 0.241 e. The standard InChI is InChI=1S/C16H24N2O2/c1-12(11-20-3)10-18-13(2)17-15(16(18)19)9-14-7-5-4-6-8-14/h4-8,12-13,15,17H,9-11H2,1-3H3. The van der Waals surface area contributed by atoms with Gasteiger partial charge in [-0.05, 0) is 24.8 Å². The number of carbonyl (C=O) groups is 1. The highest BCUT2D eigenvalue weighted by Crippen LogP contribution is 2.16. The molecule has 0 aromatic heterocycles. The van der Waals surface area contributed by atoms with Crippen LogP contribution in [0.15, 0.2) is 30.3 Å². The summed E-state index contributed by atoms with van der Waals surface area (Å²) in [7, 11) is 1.70. The number of amides is 1. The lowest BCUT2D eigenvalue weighted by atomic mass is 10.1. The van der Waals surface area contributed by atoms with Gasteiger partial charge in [-0.15, -0.1) is 0 Å². The Morgan fingerprint density at radius 1 is 1.35 bits per heavy atom. The van der Waals surface area contributed by atoms with Crippen LogP contribution >= 0.6 is 0 Å². The third-order valence-corrected chi connectivity index (χ3v) is 3.73. The maximum Gasteiger partial charge on any atom is 0.241 e. The van der Waals surface area contributed by atoms with Crippen LogP contribution in [0.5, 0.6) is 0 Å². The van der Waals surface area contributed by atoms with E-state index < -0.39 is 0 Å². The minimum Gasteiger partial charge on any atom is -0.384 e. The van der Waals surface area contributed by atoms with E-state index in [-0.39, 0.29) is 18.1 Å². The van der Waals surface area contributed by atoms with Crippen LogP contribution in [0.3, 0.4) is 0 Å². The summed E-state index contributed by atoms with van der Waals surface area (Å²) in [4.78, 5) is 14.4. The maximum absolute atomic E-state index is 12.5. The number of benzene rings is 1. The first-order valence-electron chi connectivity index (χ1n) is 7.21. The van der Waals surface area contributed by atoms with Crippen LogP contribution in [0.4, 0.5) is 0 Å². The molecule has 1 aromatic rings. The van der Waals surface area contributed by atoms with Gasteiger partial charge in [0, 0.05) is 13.7 Å². The van der Waals surface area contributed by atoms with Gasteiger partial charge in [-0.1, -0.05) is 37.3 Å². The van der Waals surface area contributed by atoms with Crippen LogP contribution in [-0.2, 0) is 16.0 Å². The molecule has 1 N–H and O–H groups in total. The summed E-state index contributed by atoms with van der Waals surface area (Å²) in [5.74, 6) is 0.549. The van der Waals surface area contributed by atoms with E-state index in [1.165, 1.54) is 5.56 Å². The fraction of sp³-hybridized carbons (Fsp3) is 0.562. The predicted octanol–water partition coefficient (Wildman–Crippen LogP) is 1.66. The van der Waals surface area contributed by atoms with Crippen molar-refractivity contribution in [3.8, 4) is 0 Å². The van der Waals surface area contributed by atoms with Crippen molar-refractivity contribution in [2.75, 3.05) is 20.3 Å². The molecule has 1 aliphatic heterocycles. The van der Waals surface area contributed by atoms with Crippen LogP contribution < -0.4 is 5.32 Å². The highest BCUT2D eigenvalue weighted by atomic mass is 16.5. The number of ether oxygens (including phenoxy) is 1. The SMILES string of the molecule is COCC(C)CN1C(=O)C(Cc2ccccc2)NC1C. The Morgan fingerprint density at radius 3 is 2.70 bits per heavy atom. The Labute approximate surface area is 121 Å². The lowest BCUT2D eigenvalue weighted by Gasteiger charge is -2.24. The average Bonchev–Trinajstić information content (AvgIpc) is 2.68. The summed E-state index contributed by atoms with van der Waals surface area (Å²) >= 11 is 0. The minimum absolute atomic E-state index is 0.0931. The molecule has 3 unspecified atom stereocenters. The number of carbonyl (C=O) groups excluding carboxylic acids is 1. The first-order valence-corrected chi connectivity index (χ1v) is 7.21. The number of rotatable bonds is 6. The first kappa shape index (κ1) is 15.0. The van der Waals surface area contributed by atoms with Gasteiger partial charge in [0.05, 0.1) is 18.8 Å². The van der Waals surface area contributed by atoms with Gasteiger partial charge < -0.3 is 9.64 Å². The lowest BCUT2D eigenvalue weighted by molar-refractivity contribution is -0.130. The Bertz CT molecular complexity index is 435. The largest absolute Gasteiger partial charge is 0.384 e. The van der Waals surface area contributed by atoms with Gasteiger partial charge in [0.2, 0.25) is 5.91 Å². The molecule has 0 saturated carbocycles. The fourth-order valence-corrected chi connectivity index (χ4v) is 2.76. The number of nitrogens with one attached hydrogen (secondary N) is 1. The van der Waals surface area contributed by atoms with Crippen molar-refractivity contribution >= 4 is 5.91 Å². The number of nitrogens with zero attached hydrogens (tertiary/aromatic N) is 1. The third kappa shape index (κ3) is 3.58. The summed E-state index contributed by atoms with van der Waals surface area (Å²) in [5, 5.41) is 3.39. The van der Waals surface area contributed by atoms with Gasteiger partial charge >= 0.3 is 0 Å². The molecule has 3 atom stereocenters. The number of hydrogen-bond donors (Lipinski definition) is 1. The molecule has 1 amide bonds. The molecule has 20 heavy (non-hydrogen) atoms. The molecule has 1 aliphatic rings. The van der Waals surface area contributed by atoms with Crippen molar-refractivity contribution in [2.45, 2.75) is 32.5 Å². The monoisotopic (exact) mass is 276 g/mol. The zero-order valence-electron chi connectivity index (χ0n) is 12.5. The molecule has 4 heteroatoms. The van der Waals surface area contributed by atoms with E-state index in [1.54, 1.807) is 7.11 Å². The van der Waals surface area contributed by atoms with E-state index in [2.05, 4.69) is 24.4 Å². The molecule has 110 valence electrons. The zero-order chi connectivity index (χ0) is 14.5. The topological polar surface area (TPSA) is 41.6 Å². The second-order valence-electron chi connectivity index (χ2n) is 5.64. The average molecular weight is 276 g/mol. The molecule has 1 heterocycles. The quantitative estimate of drug-likeness (QED) is 0.859. The Hall–Kier alpha value is -1.39. The molecule has 0 radical (unpaired) electrons. The molecule has 0 aliphatic carbocycles. The van der Waals surface area contributed by atoms with E-state index in [4.69, 9.17) is 4.74 Å². The summed E-state index contributed by atoms with van der Waals surface area (Å²) < 4.78 is 5.15. The first-order chi connectivity index (χ1) is 9.61. The normalized spacial score (nSPS) is 24.1. The van der Waals surface area contributed by atoms with Gasteiger partial charge in [0.1, 0.15) is 0 Å². The van der Waals surface area contributed by atoms with Crippen molar-refractivity contribution in [1.29, 1.82) is 0 Å². The van der Waals surface area contributed by atoms with Crippen LogP contribution in [0.25, 0.3) is 0 Å². The van der Waals surface area contributed by atoms with E-state index in [1.807, 2.05) is 30.0 Å². The third-order valence-electron chi connectivity index (χ3n) is 3.73. The zero-order valence-corrected chi connectivity index (χ0v) is 12.5. The molecule has 1 saturated heterocycles. The summed E-state index contributed by atoms with van der Waals surface area (Å²) in [5.41, 5.74) is 1.19. The molecule has 0 spiro atoms. The highest BCUT2D eigenvalue weighted by Gasteiger charge is 2.36. The van der Waals surface area contributed by atoms with Gasteiger partial charge in [0.15, 0.2) is 0 Å². The summed E-state index contributed by atoms with van der Waals surface area (Å²) in [6.45, 7) is 5.57. The lowest BCUT2D eigenvalue weighted by Crippen LogP contribution is -2.38. The number of hydrogen-bond acceptors (Lipinski definition) is 3. The Balaban J connectivity index is 1.96. The molecule has 1 aromatic carbocycles. The predicted molar refractivity (Wildman–Crippen MR) is 79.3 cm³/mol. The van der Waals surface area contributed by atoms with Crippen molar-refractivity contribution in [3.05, 3.63) is 35.9 Å². The van der Waals surface area contributed by atoms with Crippen LogP contribution in [-0.4, -0.2) is 43.3 Å². The van der Waals surface area contributed by atoms with Crippen molar-refractivity contribution in [3.63, 3.8) is 0 Å². The molecule has 0 bridgehead atoms. The van der Waals surface area contributed by atoms with Crippen molar-refractivity contribution < 1.29 is 9.53 Å². The van der Waals surface area contributed by atoms with Gasteiger partial charge in [-0.25, -0.2) is 0 Å². The second kappa shape index (κ2) is 6.86. The summed E-state index contributed by atoms with van der Waals surface area (Å²) in [6, 6.07) is 10.0. The Kier molecular flexibility index (Phi) is 5.15. The van der Waals surface area contributed by atoms with Crippen molar-refractivity contribution in [2.24, 2.45) is 5.92 Å². The fourth-order valence-electron chi connectivity index (χ4n) is 2.76. The summed E-state index contributed by atoms with van der Waals surface area (Å²) in [6.07, 6.45) is 0.842. The van der Waals surface area contributed by atoms with E-state index in [0.717, 1.165) is 13.0 Å². The van der Waals surface area contributed by atoms with E-state index >= 15 is 0 Å². The molecular weight excluding hydrogens is 252 g/mol. The van der Waals surface area contributed by atoms with Gasteiger partial charge in [-0.3, -0.25) is 10.1 Å². The molecule has 2 rings (SSSR count). The minimum atomic E-state index is -0.109. The molecule has 4 nitrogen and oxygen atoms in total. The van der Waals surface area contributed by atoms with Crippen LogP contribution in [0, 0.1) is 5.92 Å². The maximum atomic E-state index is 12.5. The van der Waals surface area contributed by atoms with Crippen molar-refractivity contribution in [1.82, 2.24) is 10.2 Å². The second-order valence-corrected chi connectivity index (χ2v) is 5.64. The molecular formula is C16H24N2O2. The van der Waals surface area contributed by atoms with Gasteiger partial charge in [-0.2, -0.15) is 0 Å².